The van der Waals surface area contributed by atoms with E-state index in [1.165, 1.54) is 11.6 Å². The number of pyridine rings is 1. The fraction of sp³-hybridized carbons (Fsp3) is 0.263. The van der Waals surface area contributed by atoms with Gasteiger partial charge in [0.1, 0.15) is 5.82 Å². The van der Waals surface area contributed by atoms with Crippen LogP contribution >= 0.6 is 11.6 Å². The highest BCUT2D eigenvalue weighted by Gasteiger charge is 2.22. The number of carboxylic acids is 1. The van der Waals surface area contributed by atoms with Gasteiger partial charge in [0.15, 0.2) is 0 Å². The summed E-state index contributed by atoms with van der Waals surface area (Å²) in [5, 5.41) is 12.8. The standard InChI is InChI=1S/C19H20ClN3O2/c20-16-5-1-15(2-6-16)12-23-10-9-17(13-23)22-18-7-3-14(11-21-18)4-8-19(24)25/h1-8,11,17H,9-10,12-13H2,(H,21,22)(H,24,25)/b8-4+. The predicted molar refractivity (Wildman–Crippen MR) is 99.7 cm³/mol. The molecule has 0 saturated carbocycles. The van der Waals surface area contributed by atoms with Gasteiger partial charge in [0.2, 0.25) is 0 Å². The van der Waals surface area contributed by atoms with Crippen LogP contribution in [0.4, 0.5) is 5.82 Å². The van der Waals surface area contributed by atoms with Crippen LogP contribution in [0.1, 0.15) is 17.5 Å². The Kier molecular flexibility index (Phi) is 5.68. The third-order valence-electron chi connectivity index (χ3n) is 4.15. The topological polar surface area (TPSA) is 65.5 Å². The molecular formula is C19H20ClN3O2. The first-order valence-electron chi connectivity index (χ1n) is 8.19. The predicted octanol–water partition coefficient (Wildman–Crippen LogP) is 3.52. The molecule has 1 aromatic heterocycles. The van der Waals surface area contributed by atoms with Crippen molar-refractivity contribution in [1.29, 1.82) is 0 Å². The normalized spacial score (nSPS) is 17.9. The van der Waals surface area contributed by atoms with Crippen LogP contribution in [0.5, 0.6) is 0 Å². The smallest absolute Gasteiger partial charge is 0.328 e. The van der Waals surface area contributed by atoms with Gasteiger partial charge >= 0.3 is 5.97 Å². The molecule has 6 heteroatoms. The van der Waals surface area contributed by atoms with Gasteiger partial charge in [-0.1, -0.05) is 23.7 Å². The van der Waals surface area contributed by atoms with Crippen LogP contribution < -0.4 is 5.32 Å². The number of rotatable bonds is 6. The lowest BCUT2D eigenvalue weighted by Crippen LogP contribution is -2.26. The van der Waals surface area contributed by atoms with Gasteiger partial charge in [-0.25, -0.2) is 9.78 Å². The number of likely N-dealkylation sites (tertiary alicyclic amines) is 1. The molecule has 1 aliphatic heterocycles. The minimum absolute atomic E-state index is 0.361. The van der Waals surface area contributed by atoms with Gasteiger partial charge in [0.25, 0.3) is 0 Å². The molecule has 1 saturated heterocycles. The van der Waals surface area contributed by atoms with Gasteiger partial charge in [-0.2, -0.15) is 0 Å². The van der Waals surface area contributed by atoms with E-state index in [2.05, 4.69) is 27.3 Å². The first-order chi connectivity index (χ1) is 12.1. The van der Waals surface area contributed by atoms with E-state index >= 15 is 0 Å². The molecule has 2 heterocycles. The van der Waals surface area contributed by atoms with Gasteiger partial charge in [-0.3, -0.25) is 4.90 Å². The van der Waals surface area contributed by atoms with Crippen LogP contribution in [0.25, 0.3) is 6.08 Å². The maximum atomic E-state index is 10.5. The number of nitrogens with one attached hydrogen (secondary N) is 1. The second kappa shape index (κ2) is 8.14. The Labute approximate surface area is 152 Å². The van der Waals surface area contributed by atoms with Crippen molar-refractivity contribution >= 4 is 29.5 Å². The number of anilines is 1. The maximum Gasteiger partial charge on any atom is 0.328 e. The van der Waals surface area contributed by atoms with E-state index in [1.54, 1.807) is 6.20 Å². The summed E-state index contributed by atoms with van der Waals surface area (Å²) >= 11 is 5.92. The number of carboxylic acid groups (broad SMARTS) is 1. The lowest BCUT2D eigenvalue weighted by molar-refractivity contribution is -0.131. The average molecular weight is 358 g/mol. The number of carbonyl (C=O) groups is 1. The molecule has 3 rings (SSSR count). The molecule has 0 spiro atoms. The monoisotopic (exact) mass is 357 g/mol. The minimum atomic E-state index is -0.964. The third kappa shape index (κ3) is 5.31. The van der Waals surface area contributed by atoms with Crippen molar-refractivity contribution in [3.8, 4) is 0 Å². The molecule has 0 amide bonds. The Bertz CT molecular complexity index is 744. The Morgan fingerprint density at radius 3 is 2.80 bits per heavy atom. The third-order valence-corrected chi connectivity index (χ3v) is 4.40. The molecule has 1 atom stereocenters. The van der Waals surface area contributed by atoms with Crippen LogP contribution in [0.2, 0.25) is 5.02 Å². The summed E-state index contributed by atoms with van der Waals surface area (Å²) in [7, 11) is 0. The number of benzene rings is 1. The van der Waals surface area contributed by atoms with Crippen molar-refractivity contribution in [3.05, 3.63) is 64.8 Å². The van der Waals surface area contributed by atoms with Gasteiger partial charge < -0.3 is 10.4 Å². The molecule has 130 valence electrons. The van der Waals surface area contributed by atoms with Crippen LogP contribution in [0.15, 0.2) is 48.7 Å². The minimum Gasteiger partial charge on any atom is -0.478 e. The van der Waals surface area contributed by atoms with E-state index in [9.17, 15) is 4.79 Å². The van der Waals surface area contributed by atoms with Crippen molar-refractivity contribution in [2.24, 2.45) is 0 Å². The fourth-order valence-corrected chi connectivity index (χ4v) is 3.03. The lowest BCUT2D eigenvalue weighted by Gasteiger charge is -2.17. The Balaban J connectivity index is 1.51. The van der Waals surface area contributed by atoms with E-state index in [4.69, 9.17) is 16.7 Å². The molecule has 1 aliphatic rings. The molecule has 2 N–H and O–H groups in total. The molecule has 1 aromatic carbocycles. The quantitative estimate of drug-likeness (QED) is 0.774. The molecule has 0 radical (unpaired) electrons. The van der Waals surface area contributed by atoms with Crippen molar-refractivity contribution in [2.45, 2.75) is 19.0 Å². The van der Waals surface area contributed by atoms with Gasteiger partial charge in [-0.05, 0) is 47.9 Å². The molecule has 25 heavy (non-hydrogen) atoms. The van der Waals surface area contributed by atoms with E-state index in [1.807, 2.05) is 24.3 Å². The summed E-state index contributed by atoms with van der Waals surface area (Å²) in [5.74, 6) is -0.153. The number of hydrogen-bond donors (Lipinski definition) is 2. The fourth-order valence-electron chi connectivity index (χ4n) is 2.91. The SMILES string of the molecule is O=C(O)/C=C/c1ccc(NC2CCN(Cc3ccc(Cl)cc3)C2)nc1. The zero-order chi connectivity index (χ0) is 17.6. The second-order valence-corrected chi connectivity index (χ2v) is 6.58. The first kappa shape index (κ1) is 17.5. The Morgan fingerprint density at radius 1 is 1.32 bits per heavy atom. The summed E-state index contributed by atoms with van der Waals surface area (Å²) in [6.45, 7) is 2.92. The first-order valence-corrected chi connectivity index (χ1v) is 8.57. The molecular weight excluding hydrogens is 338 g/mol. The van der Waals surface area contributed by atoms with E-state index in [0.717, 1.165) is 48.5 Å². The number of aromatic nitrogens is 1. The van der Waals surface area contributed by atoms with E-state index in [0.29, 0.717) is 6.04 Å². The van der Waals surface area contributed by atoms with Gasteiger partial charge in [-0.15, -0.1) is 0 Å². The number of nitrogens with zero attached hydrogens (tertiary/aromatic N) is 2. The maximum absolute atomic E-state index is 10.5. The second-order valence-electron chi connectivity index (χ2n) is 6.14. The number of halogens is 1. The largest absolute Gasteiger partial charge is 0.478 e. The highest BCUT2D eigenvalue weighted by atomic mass is 35.5. The molecule has 0 bridgehead atoms. The zero-order valence-electron chi connectivity index (χ0n) is 13.7. The van der Waals surface area contributed by atoms with Crippen molar-refractivity contribution < 1.29 is 9.90 Å². The summed E-state index contributed by atoms with van der Waals surface area (Å²) in [6, 6.07) is 12.1. The Hall–Kier alpha value is -2.37. The molecule has 0 aliphatic carbocycles. The van der Waals surface area contributed by atoms with Crippen LogP contribution in [-0.4, -0.2) is 40.1 Å². The van der Waals surface area contributed by atoms with Crippen LogP contribution in [-0.2, 0) is 11.3 Å². The highest BCUT2D eigenvalue weighted by molar-refractivity contribution is 6.30. The van der Waals surface area contributed by atoms with Crippen LogP contribution in [0, 0.1) is 0 Å². The van der Waals surface area contributed by atoms with Crippen molar-refractivity contribution in [2.75, 3.05) is 18.4 Å². The van der Waals surface area contributed by atoms with Gasteiger partial charge in [0.05, 0.1) is 0 Å². The molecule has 2 aromatic rings. The summed E-state index contributed by atoms with van der Waals surface area (Å²) in [4.78, 5) is 17.3. The van der Waals surface area contributed by atoms with E-state index < -0.39 is 5.97 Å². The van der Waals surface area contributed by atoms with Crippen molar-refractivity contribution in [1.82, 2.24) is 9.88 Å². The summed E-state index contributed by atoms with van der Waals surface area (Å²) in [5.41, 5.74) is 2.03. The van der Waals surface area contributed by atoms with Crippen LogP contribution in [0.3, 0.4) is 0 Å². The van der Waals surface area contributed by atoms with Gasteiger partial charge in [0, 0.05) is 43.0 Å². The molecule has 5 nitrogen and oxygen atoms in total. The summed E-state index contributed by atoms with van der Waals surface area (Å²) in [6.07, 6.45) is 5.37. The Morgan fingerprint density at radius 2 is 2.12 bits per heavy atom. The number of hydrogen-bond acceptors (Lipinski definition) is 4. The van der Waals surface area contributed by atoms with E-state index in [-0.39, 0.29) is 0 Å². The molecule has 1 unspecified atom stereocenters. The molecule has 1 fully saturated rings. The summed E-state index contributed by atoms with van der Waals surface area (Å²) < 4.78 is 0. The number of aliphatic carboxylic acids is 1. The highest BCUT2D eigenvalue weighted by Crippen LogP contribution is 2.18. The van der Waals surface area contributed by atoms with Crippen molar-refractivity contribution in [3.63, 3.8) is 0 Å². The zero-order valence-corrected chi connectivity index (χ0v) is 14.5. The average Bonchev–Trinajstić information content (AvgIpc) is 3.03. The lowest BCUT2D eigenvalue weighted by atomic mass is 10.2.